The van der Waals surface area contributed by atoms with Gasteiger partial charge in [0.1, 0.15) is 0 Å². The van der Waals surface area contributed by atoms with Crippen molar-refractivity contribution in [1.29, 1.82) is 0 Å². The lowest BCUT2D eigenvalue weighted by molar-refractivity contribution is -0.137. The first-order valence-corrected chi connectivity index (χ1v) is 6.05. The highest BCUT2D eigenvalue weighted by atomic mass is 16.4. The molecule has 0 fully saturated rings. The summed E-state index contributed by atoms with van der Waals surface area (Å²) in [5.74, 6) is -0.878. The Kier molecular flexibility index (Phi) is 5.52. The SMILES string of the molecule is CCN(CCC(=O)O)C(=O)NC1CC=CCC1. The normalized spacial score (nSPS) is 18.8. The molecule has 5 heteroatoms. The maximum Gasteiger partial charge on any atom is 0.317 e. The molecular weight excluding hydrogens is 220 g/mol. The Morgan fingerprint density at radius 2 is 2.24 bits per heavy atom. The predicted molar refractivity (Wildman–Crippen MR) is 64.8 cm³/mol. The highest BCUT2D eigenvalue weighted by Gasteiger charge is 2.17. The van der Waals surface area contributed by atoms with Crippen LogP contribution in [-0.2, 0) is 4.79 Å². The number of carboxylic acids is 1. The molecule has 0 spiro atoms. The van der Waals surface area contributed by atoms with Crippen LogP contribution in [0.4, 0.5) is 4.79 Å². The third kappa shape index (κ3) is 4.89. The van der Waals surface area contributed by atoms with Crippen molar-refractivity contribution in [2.75, 3.05) is 13.1 Å². The molecular formula is C12H20N2O3. The summed E-state index contributed by atoms with van der Waals surface area (Å²) in [5.41, 5.74) is 0. The van der Waals surface area contributed by atoms with E-state index in [1.54, 1.807) is 0 Å². The van der Waals surface area contributed by atoms with Crippen LogP contribution in [0.3, 0.4) is 0 Å². The van der Waals surface area contributed by atoms with E-state index >= 15 is 0 Å². The number of carboxylic acid groups (broad SMARTS) is 1. The molecule has 2 amide bonds. The Hall–Kier alpha value is -1.52. The van der Waals surface area contributed by atoms with Crippen LogP contribution in [0.25, 0.3) is 0 Å². The van der Waals surface area contributed by atoms with Crippen molar-refractivity contribution in [2.24, 2.45) is 0 Å². The molecule has 1 aliphatic carbocycles. The number of rotatable bonds is 5. The largest absolute Gasteiger partial charge is 0.481 e. The first-order chi connectivity index (χ1) is 8.13. The van der Waals surface area contributed by atoms with Crippen LogP contribution in [0.2, 0.25) is 0 Å². The quantitative estimate of drug-likeness (QED) is 0.717. The number of aliphatic carboxylic acids is 1. The van der Waals surface area contributed by atoms with Crippen molar-refractivity contribution in [2.45, 2.75) is 38.6 Å². The van der Waals surface area contributed by atoms with E-state index in [4.69, 9.17) is 5.11 Å². The molecule has 0 saturated heterocycles. The number of hydrogen-bond donors (Lipinski definition) is 2. The van der Waals surface area contributed by atoms with Gasteiger partial charge in [-0.05, 0) is 26.2 Å². The first-order valence-electron chi connectivity index (χ1n) is 6.05. The summed E-state index contributed by atoms with van der Waals surface area (Å²) in [5, 5.41) is 11.5. The van der Waals surface area contributed by atoms with E-state index in [0.29, 0.717) is 6.54 Å². The van der Waals surface area contributed by atoms with Crippen LogP contribution in [0.15, 0.2) is 12.2 Å². The molecule has 1 aliphatic rings. The Labute approximate surface area is 101 Å². The zero-order chi connectivity index (χ0) is 12.7. The fraction of sp³-hybridized carbons (Fsp3) is 0.667. The molecule has 0 saturated carbocycles. The van der Waals surface area contributed by atoms with Gasteiger partial charge in [0, 0.05) is 19.1 Å². The van der Waals surface area contributed by atoms with Crippen LogP contribution < -0.4 is 5.32 Å². The molecule has 0 aromatic carbocycles. The Morgan fingerprint density at radius 3 is 2.76 bits per heavy atom. The molecule has 0 bridgehead atoms. The molecule has 1 atom stereocenters. The fourth-order valence-electron chi connectivity index (χ4n) is 1.82. The number of nitrogens with one attached hydrogen (secondary N) is 1. The van der Waals surface area contributed by atoms with E-state index in [1.807, 2.05) is 6.92 Å². The van der Waals surface area contributed by atoms with Gasteiger partial charge in [-0.25, -0.2) is 4.79 Å². The molecule has 96 valence electrons. The summed E-state index contributed by atoms with van der Waals surface area (Å²) in [6.07, 6.45) is 6.99. The molecule has 17 heavy (non-hydrogen) atoms. The van der Waals surface area contributed by atoms with E-state index in [-0.39, 0.29) is 25.0 Å². The fourth-order valence-corrected chi connectivity index (χ4v) is 1.82. The first kappa shape index (κ1) is 13.5. The topological polar surface area (TPSA) is 69.6 Å². The van der Waals surface area contributed by atoms with Gasteiger partial charge < -0.3 is 15.3 Å². The van der Waals surface area contributed by atoms with Crippen molar-refractivity contribution in [3.8, 4) is 0 Å². The predicted octanol–water partition coefficient (Wildman–Crippen LogP) is 1.60. The summed E-state index contributed by atoms with van der Waals surface area (Å²) in [4.78, 5) is 23.9. The second-order valence-corrected chi connectivity index (χ2v) is 4.15. The van der Waals surface area contributed by atoms with E-state index in [2.05, 4.69) is 17.5 Å². The van der Waals surface area contributed by atoms with Gasteiger partial charge in [-0.2, -0.15) is 0 Å². The van der Waals surface area contributed by atoms with Gasteiger partial charge in [0.05, 0.1) is 6.42 Å². The van der Waals surface area contributed by atoms with E-state index in [9.17, 15) is 9.59 Å². The molecule has 1 rings (SSSR count). The van der Waals surface area contributed by atoms with Crippen LogP contribution in [0.1, 0.15) is 32.6 Å². The molecule has 5 nitrogen and oxygen atoms in total. The van der Waals surface area contributed by atoms with Crippen LogP contribution in [-0.4, -0.2) is 41.1 Å². The van der Waals surface area contributed by atoms with E-state index in [0.717, 1.165) is 19.3 Å². The van der Waals surface area contributed by atoms with Crippen molar-refractivity contribution in [1.82, 2.24) is 10.2 Å². The summed E-state index contributed by atoms with van der Waals surface area (Å²) < 4.78 is 0. The summed E-state index contributed by atoms with van der Waals surface area (Å²) in [6, 6.07) is 0.0282. The lowest BCUT2D eigenvalue weighted by Crippen LogP contribution is -2.45. The Morgan fingerprint density at radius 1 is 1.47 bits per heavy atom. The third-order valence-corrected chi connectivity index (χ3v) is 2.86. The van der Waals surface area contributed by atoms with Crippen molar-refractivity contribution in [3.05, 3.63) is 12.2 Å². The van der Waals surface area contributed by atoms with Crippen molar-refractivity contribution < 1.29 is 14.7 Å². The maximum absolute atomic E-state index is 11.9. The molecule has 0 radical (unpaired) electrons. The van der Waals surface area contributed by atoms with Gasteiger partial charge in [-0.3, -0.25) is 4.79 Å². The summed E-state index contributed by atoms with van der Waals surface area (Å²) in [6.45, 7) is 2.64. The van der Waals surface area contributed by atoms with Crippen LogP contribution >= 0.6 is 0 Å². The van der Waals surface area contributed by atoms with Gasteiger partial charge in [-0.1, -0.05) is 12.2 Å². The monoisotopic (exact) mass is 240 g/mol. The van der Waals surface area contributed by atoms with Gasteiger partial charge in [0.2, 0.25) is 0 Å². The zero-order valence-corrected chi connectivity index (χ0v) is 10.2. The summed E-state index contributed by atoms with van der Waals surface area (Å²) >= 11 is 0. The highest BCUT2D eigenvalue weighted by Crippen LogP contribution is 2.10. The van der Waals surface area contributed by atoms with E-state index in [1.165, 1.54) is 4.90 Å². The summed E-state index contributed by atoms with van der Waals surface area (Å²) in [7, 11) is 0. The lowest BCUT2D eigenvalue weighted by atomic mass is 10.0. The molecule has 0 aliphatic heterocycles. The number of carbonyl (C=O) groups is 2. The smallest absolute Gasteiger partial charge is 0.317 e. The third-order valence-electron chi connectivity index (χ3n) is 2.86. The van der Waals surface area contributed by atoms with Gasteiger partial charge in [0.25, 0.3) is 0 Å². The molecule has 1 unspecified atom stereocenters. The number of amides is 2. The van der Waals surface area contributed by atoms with Gasteiger partial charge >= 0.3 is 12.0 Å². The highest BCUT2D eigenvalue weighted by molar-refractivity contribution is 5.75. The standard InChI is InChI=1S/C12H20N2O3/c1-2-14(9-8-11(15)16)12(17)13-10-6-4-3-5-7-10/h3-4,10H,2,5-9H2,1H3,(H,13,17)(H,15,16). The van der Waals surface area contributed by atoms with E-state index < -0.39 is 5.97 Å². The van der Waals surface area contributed by atoms with Crippen LogP contribution in [0.5, 0.6) is 0 Å². The maximum atomic E-state index is 11.9. The number of hydrogen-bond acceptors (Lipinski definition) is 2. The minimum absolute atomic E-state index is 0.00811. The van der Waals surface area contributed by atoms with Crippen molar-refractivity contribution in [3.63, 3.8) is 0 Å². The number of carbonyl (C=O) groups excluding carboxylic acids is 1. The molecule has 0 aromatic rings. The Balaban J connectivity index is 2.37. The Bertz CT molecular complexity index is 302. The minimum Gasteiger partial charge on any atom is -0.481 e. The number of urea groups is 1. The second-order valence-electron chi connectivity index (χ2n) is 4.15. The molecule has 2 N–H and O–H groups in total. The van der Waals surface area contributed by atoms with Gasteiger partial charge in [0.15, 0.2) is 0 Å². The lowest BCUT2D eigenvalue weighted by Gasteiger charge is -2.25. The molecule has 0 heterocycles. The average molecular weight is 240 g/mol. The van der Waals surface area contributed by atoms with Crippen molar-refractivity contribution >= 4 is 12.0 Å². The van der Waals surface area contributed by atoms with Crippen LogP contribution in [0, 0.1) is 0 Å². The number of nitrogens with zero attached hydrogens (tertiary/aromatic N) is 1. The molecule has 0 aromatic heterocycles. The minimum atomic E-state index is -0.878. The second kappa shape index (κ2) is 6.93. The average Bonchev–Trinajstić information content (AvgIpc) is 2.30. The number of allylic oxidation sites excluding steroid dienone is 1. The van der Waals surface area contributed by atoms with Gasteiger partial charge in [-0.15, -0.1) is 0 Å². The zero-order valence-electron chi connectivity index (χ0n) is 10.2.